The number of hydrogen-bond acceptors (Lipinski definition) is 18. The van der Waals surface area contributed by atoms with Crippen molar-refractivity contribution in [2.45, 2.75) is 468 Å². The number of Topliss-reactive ketones (excluding diaryl/α,β-unsaturated/α-hetero) is 3. The fraction of sp³-hybridized carbons (Fsp3) is 0.936. The van der Waals surface area contributed by atoms with Gasteiger partial charge in [-0.1, -0.05) is 117 Å². The van der Waals surface area contributed by atoms with E-state index in [0.29, 0.717) is 237 Å². The van der Waals surface area contributed by atoms with Crippen LogP contribution in [-0.2, 0) is 57.3 Å². The van der Waals surface area contributed by atoms with Gasteiger partial charge in [-0.25, -0.2) is 0 Å². The lowest BCUT2D eigenvalue weighted by Gasteiger charge is -2.62. The highest BCUT2D eigenvalue weighted by Gasteiger charge is 2.70. The van der Waals surface area contributed by atoms with Gasteiger partial charge in [0.2, 0.25) is 0 Å². The predicted octanol–water partition coefficient (Wildman–Crippen LogP) is 24.6. The van der Waals surface area contributed by atoms with Gasteiger partial charge in [-0.3, -0.25) is 38.4 Å². The van der Waals surface area contributed by atoms with Crippen molar-refractivity contribution in [2.75, 3.05) is 28.4 Å². The van der Waals surface area contributed by atoms with Crippen LogP contribution in [0.5, 0.6) is 0 Å². The number of esters is 4. The normalized spacial score (nSPS) is 49.0. The molecular weight excluding hydrogens is 1810 g/mol. The number of fused-ring (bicyclic) bond motifs is 25. The van der Waals surface area contributed by atoms with E-state index in [4.69, 9.17) is 24.1 Å². The zero-order chi connectivity index (χ0) is 104. The molecule has 0 unspecified atom stereocenters. The van der Waals surface area contributed by atoms with Crippen LogP contribution in [0.1, 0.15) is 432 Å². The van der Waals surface area contributed by atoms with E-state index in [1.165, 1.54) is 170 Å². The molecule has 0 aromatic rings. The standard InChI is InChI=1S/C26H42O3.C25H42O4.2C25H40O4.C24H40O4/c1-16-10-12-26(4)21-11-13-25(3)19(17(2)6-9-24(28)29-5)7-8-20(25)18(21)15-23(27)22(26)14-16;3*1-15(5-8-23(28)29-4)18-6-7-19-17-14-22(27)21-13-16(26)9-11-25(21,3)20(17)10-12-24(18,19)2;1-14(4-7-22(27)28)17-5-6-18-16-13-21(26)20-12-15(25)8-10-24(20,3)19(16)9-11-23(17,18)2/h16-22H,6-15H2,1-5H3;15-22,26-27H,5-14H2,1-4H3;2*15-21,26H,5-14H2,1-4H3;14-21,25-26H,4-13H2,1-3H3,(H,27,28)/t16-,17-,18+,19-,20+,21+,22-,25-,26-;15-,16-,17+,18-,19+,20+,21+,22+,24-,25-;15-,16-,17+,18-,19+,20+,21+,24-,25-;15-,16-,17+,18-,19+,20+,21-,24-,25-;14-,15-,16+,17-,18+,19+,20+,21+,23-,24-/m11111/s1. The Kier molecular flexibility index (Phi) is 34.6. The van der Waals surface area contributed by atoms with Crippen LogP contribution in [0.4, 0.5) is 0 Å². The molecule has 20 saturated carbocycles. The maximum absolute atomic E-state index is 13.3. The Bertz CT molecular complexity index is 4200. The first-order chi connectivity index (χ1) is 68.0. The number of carbonyl (C=O) groups excluding carboxylic acids is 7. The topological polar surface area (TPSA) is 315 Å². The van der Waals surface area contributed by atoms with Crippen molar-refractivity contribution in [3.05, 3.63) is 0 Å². The molecule has 19 heteroatoms. The average molecular weight is 2010 g/mol. The molecular formula is C125H204O19. The van der Waals surface area contributed by atoms with E-state index in [1.54, 1.807) is 0 Å². The molecule has 0 spiro atoms. The fourth-order valence-corrected chi connectivity index (χ4v) is 43.8. The number of rotatable bonds is 20. The second-order valence-corrected chi connectivity index (χ2v) is 57.4. The molecule has 818 valence electrons. The number of aliphatic hydroxyl groups is 6. The maximum atomic E-state index is 13.3. The van der Waals surface area contributed by atoms with Crippen molar-refractivity contribution < 1.29 is 93.0 Å². The molecule has 0 heterocycles. The van der Waals surface area contributed by atoms with Crippen LogP contribution >= 0.6 is 0 Å². The molecule has 0 radical (unpaired) electrons. The van der Waals surface area contributed by atoms with Gasteiger partial charge in [-0.2, -0.15) is 0 Å². The van der Waals surface area contributed by atoms with Gasteiger partial charge in [0.05, 0.1) is 65.1 Å². The van der Waals surface area contributed by atoms with Crippen LogP contribution in [-0.4, -0.2) is 148 Å². The number of ketones is 3. The van der Waals surface area contributed by atoms with Crippen molar-refractivity contribution in [1.29, 1.82) is 0 Å². The van der Waals surface area contributed by atoms with Gasteiger partial charge in [0.15, 0.2) is 0 Å². The zero-order valence-corrected chi connectivity index (χ0v) is 93.7. The van der Waals surface area contributed by atoms with Crippen LogP contribution in [0, 0.1) is 238 Å². The average Bonchev–Trinajstić information content (AvgIpc) is 1.49. The minimum atomic E-state index is -0.677. The van der Waals surface area contributed by atoms with Gasteiger partial charge in [0.1, 0.15) is 17.3 Å². The number of aliphatic carboxylic acids is 1. The second-order valence-electron chi connectivity index (χ2n) is 57.4. The highest BCUT2D eigenvalue weighted by atomic mass is 16.5. The summed E-state index contributed by atoms with van der Waals surface area (Å²) in [5.41, 5.74) is 2.40. The summed E-state index contributed by atoms with van der Waals surface area (Å²) in [6.07, 6.45) is 48.9. The van der Waals surface area contributed by atoms with Gasteiger partial charge < -0.3 is 54.7 Å². The van der Waals surface area contributed by atoms with Gasteiger partial charge in [0, 0.05) is 69.1 Å². The van der Waals surface area contributed by atoms with Crippen molar-refractivity contribution in [1.82, 2.24) is 0 Å². The van der Waals surface area contributed by atoms with Crippen LogP contribution < -0.4 is 0 Å². The molecule has 20 fully saturated rings. The summed E-state index contributed by atoms with van der Waals surface area (Å²) in [5.74, 6) is 17.6. The van der Waals surface area contributed by atoms with Crippen molar-refractivity contribution >= 4 is 47.2 Å². The first kappa shape index (κ1) is 113. The first-order valence-corrected chi connectivity index (χ1v) is 60.1. The monoisotopic (exact) mass is 2010 g/mol. The highest BCUT2D eigenvalue weighted by Crippen LogP contribution is 2.76. The van der Waals surface area contributed by atoms with Gasteiger partial charge >= 0.3 is 29.8 Å². The van der Waals surface area contributed by atoms with E-state index >= 15 is 0 Å². The third-order valence-electron chi connectivity index (χ3n) is 51.6. The minimum Gasteiger partial charge on any atom is -0.481 e. The fourth-order valence-electron chi connectivity index (χ4n) is 43.8. The van der Waals surface area contributed by atoms with E-state index in [2.05, 4.69) is 111 Å². The summed E-state index contributed by atoms with van der Waals surface area (Å²) < 4.78 is 19.4. The molecule has 20 aliphatic carbocycles. The molecule has 0 amide bonds. The Morgan fingerprint density at radius 3 is 0.743 bits per heavy atom. The molecule has 7 N–H and O–H groups in total. The Labute approximate surface area is 869 Å². The zero-order valence-electron chi connectivity index (χ0n) is 93.7. The molecule has 0 aromatic heterocycles. The van der Waals surface area contributed by atoms with E-state index in [9.17, 15) is 69.0 Å². The minimum absolute atomic E-state index is 0.0769. The van der Waals surface area contributed by atoms with Crippen LogP contribution in [0.15, 0.2) is 0 Å². The van der Waals surface area contributed by atoms with Crippen LogP contribution in [0.25, 0.3) is 0 Å². The third kappa shape index (κ3) is 20.7. The summed E-state index contributed by atoms with van der Waals surface area (Å²) >= 11 is 0. The molecule has 144 heavy (non-hydrogen) atoms. The van der Waals surface area contributed by atoms with Gasteiger partial charge in [-0.05, 0) is 483 Å². The SMILES string of the molecule is COC(=O)CC[C@@H](C)[C@H]1CC[C@H]2[C@@H]3CC(=O)[C@@H]4C[C@H](O)CC[C@]4(C)[C@H]3CC[C@]12C.COC(=O)CC[C@@H](C)[C@H]1CC[C@H]2[C@@H]3CC(=O)[C@H]4C[C@H](C)CC[C@]4(C)[C@H]3CC[C@]12C.COC(=O)CC[C@@H](C)[C@H]1CC[C@H]2[C@@H]3CC(=O)[C@H]4C[C@H](O)CC[C@]4(C)[C@H]3CC[C@]12C.COC(=O)CC[C@@H](C)[C@H]1CC[C@H]2[C@@H]3C[C@H](O)[C@@H]4C[C@H](O)CC[C@]4(C)[C@H]3CC[C@]12C.C[C@H](CCC(=O)O)[C@H]1CC[C@H]2[C@@H]3C[C@H](O)[C@@H]4C[C@H](O)CC[C@]4(C)[C@H]3CC[C@]12C. The molecule has 20 rings (SSSR count). The van der Waals surface area contributed by atoms with Gasteiger partial charge in [-0.15, -0.1) is 0 Å². The lowest BCUT2D eigenvalue weighted by molar-refractivity contribution is -0.172. The Morgan fingerprint density at radius 2 is 0.479 bits per heavy atom. The molecule has 19 nitrogen and oxygen atoms in total. The Balaban J connectivity index is 0.000000129. The highest BCUT2D eigenvalue weighted by molar-refractivity contribution is 5.85. The molecule has 20 aliphatic rings. The summed E-state index contributed by atoms with van der Waals surface area (Å²) in [4.78, 5) is 97.3. The second kappa shape index (κ2) is 44.2. The molecule has 0 bridgehead atoms. The summed E-state index contributed by atoms with van der Waals surface area (Å²) in [6, 6.07) is 0. The lowest BCUT2D eigenvalue weighted by atomic mass is 9.43. The Hall–Kier alpha value is -3.88. The van der Waals surface area contributed by atoms with E-state index in [-0.39, 0.29) is 118 Å². The van der Waals surface area contributed by atoms with E-state index < -0.39 is 5.97 Å². The summed E-state index contributed by atoms with van der Waals surface area (Å²) in [7, 11) is 5.91. The smallest absolute Gasteiger partial charge is 0.305 e. The van der Waals surface area contributed by atoms with Crippen LogP contribution in [0.3, 0.4) is 0 Å². The number of carbonyl (C=O) groups is 8. The lowest BCUT2D eigenvalue weighted by Crippen LogP contribution is -2.58. The summed E-state index contributed by atoms with van der Waals surface area (Å²) in [5, 5.41) is 72.1. The summed E-state index contributed by atoms with van der Waals surface area (Å²) in [6.45, 7) is 38.5. The number of aliphatic hydroxyl groups excluding tert-OH is 6. The number of carboxylic acid groups (broad SMARTS) is 1. The number of carboxylic acids is 1. The molecule has 47 atom stereocenters. The molecule has 0 saturated heterocycles. The van der Waals surface area contributed by atoms with Crippen LogP contribution in [0.2, 0.25) is 0 Å². The molecule has 0 aliphatic heterocycles. The largest absolute Gasteiger partial charge is 0.481 e. The van der Waals surface area contributed by atoms with Crippen molar-refractivity contribution in [3.63, 3.8) is 0 Å². The number of methoxy groups -OCH3 is 4. The van der Waals surface area contributed by atoms with Crippen molar-refractivity contribution in [2.24, 2.45) is 238 Å². The quantitative estimate of drug-likeness (QED) is 0.0440. The number of hydrogen-bond donors (Lipinski definition) is 7. The predicted molar refractivity (Wildman–Crippen MR) is 561 cm³/mol. The third-order valence-corrected chi connectivity index (χ3v) is 51.6. The van der Waals surface area contributed by atoms with E-state index in [0.717, 1.165) is 141 Å². The maximum Gasteiger partial charge on any atom is 0.305 e. The molecule has 0 aromatic carbocycles. The van der Waals surface area contributed by atoms with Crippen molar-refractivity contribution in [3.8, 4) is 0 Å². The number of ether oxygens (including phenoxy) is 4. The first-order valence-electron chi connectivity index (χ1n) is 60.1. The van der Waals surface area contributed by atoms with E-state index in [1.807, 2.05) is 0 Å². The Morgan fingerprint density at radius 1 is 0.264 bits per heavy atom. The van der Waals surface area contributed by atoms with Gasteiger partial charge in [0.25, 0.3) is 0 Å².